The van der Waals surface area contributed by atoms with Gasteiger partial charge in [-0.2, -0.15) is 0 Å². The summed E-state index contributed by atoms with van der Waals surface area (Å²) in [7, 11) is -2.09. The summed E-state index contributed by atoms with van der Waals surface area (Å²) in [6.07, 6.45) is 0. The maximum Gasteiger partial charge on any atom is 0.240 e. The first-order valence-electron chi connectivity index (χ1n) is 31.4. The molecule has 0 N–H and O–H groups in total. The van der Waals surface area contributed by atoms with Crippen LogP contribution >= 0.6 is 0 Å². The Balaban J connectivity index is 1.18. The molecule has 0 unspecified atom stereocenters. The van der Waals surface area contributed by atoms with Crippen LogP contribution in [-0.2, 0) is 5.41 Å². The van der Waals surface area contributed by atoms with Gasteiger partial charge in [-0.15, -0.1) is 0 Å². The molecule has 0 fully saturated rings. The first-order chi connectivity index (χ1) is 40.6. The molecule has 0 saturated heterocycles. The van der Waals surface area contributed by atoms with Gasteiger partial charge in [-0.3, -0.25) is 0 Å². The lowest BCUT2D eigenvalue weighted by Gasteiger charge is -2.48. The summed E-state index contributed by atoms with van der Waals surface area (Å²) in [4.78, 5) is 2.64. The molecule has 0 aliphatic carbocycles. The third-order valence-corrected chi connectivity index (χ3v) is 22.3. The highest BCUT2D eigenvalue weighted by molar-refractivity contribution is 7.11. The first-order valence-corrected chi connectivity index (χ1v) is 33.2. The van der Waals surface area contributed by atoms with Gasteiger partial charge in [0.25, 0.3) is 0 Å². The summed E-state index contributed by atoms with van der Waals surface area (Å²) in [6.45, 7) is 31.2. The first kappa shape index (κ1) is 56.8. The van der Waals surface area contributed by atoms with Crippen LogP contribution in [0.25, 0.3) is 0 Å². The van der Waals surface area contributed by atoms with E-state index in [-0.39, 0.29) is 13.4 Å². The highest BCUT2D eigenvalue weighted by Gasteiger charge is 2.50. The Hall–Kier alpha value is -7.65. The van der Waals surface area contributed by atoms with E-state index in [9.17, 15) is 0 Å². The van der Waals surface area contributed by atoms with Crippen LogP contribution in [0.5, 0.6) is 0 Å². The lowest BCUT2D eigenvalue weighted by atomic mass is 9.20. The number of aryl methyl sites for hydroxylation is 1. The van der Waals surface area contributed by atoms with E-state index >= 15 is 0 Å². The molecule has 0 radical (unpaired) electrons. The fourth-order valence-corrected chi connectivity index (χ4v) is 18.3. The summed E-state index contributed by atoms with van der Waals surface area (Å²) in [5.41, 5.74) is 26.8. The number of benzene rings is 10. The van der Waals surface area contributed by atoms with E-state index in [0.717, 1.165) is 0 Å². The van der Waals surface area contributed by atoms with Crippen LogP contribution in [0.15, 0.2) is 224 Å². The van der Waals surface area contributed by atoms with Crippen LogP contribution in [0, 0.1) is 6.92 Å². The van der Waals surface area contributed by atoms with Gasteiger partial charge in [0.2, 0.25) is 13.4 Å². The van der Waals surface area contributed by atoms with Gasteiger partial charge < -0.3 is 4.90 Å². The standard InChI is InChI=1S/C80H83B2NSi/c1-51(2)58-46-63(53(5)6)78(64(47-58)54(7)8)81-71-39-25-26-40-72(71)82(79-65(55(9)10)48-59(52(3)4)49-66(79)56(11)12)74-50-60(44-45-73(74)81)83-75-41-27-22-36-68(75)80(67-35-21-20-30-57(67)13,69-37-23-28-42-76(69)83)70-38-24-29-43-77(70)84(61-31-16-14-17-32-61)62-33-18-15-19-34-62/h14-56,84H,1-13H3. The second-order valence-electron chi connectivity index (χ2n) is 26.2. The van der Waals surface area contributed by atoms with Gasteiger partial charge in [-0.1, -0.05) is 326 Å². The molecule has 418 valence electrons. The van der Waals surface area contributed by atoms with Crippen molar-refractivity contribution in [2.24, 2.45) is 0 Å². The van der Waals surface area contributed by atoms with Crippen molar-refractivity contribution in [3.63, 3.8) is 0 Å². The summed E-state index contributed by atoms with van der Waals surface area (Å²) in [5, 5.41) is 4.26. The Morgan fingerprint density at radius 1 is 0.333 bits per heavy atom. The van der Waals surface area contributed by atoms with E-state index in [1.807, 2.05) is 0 Å². The van der Waals surface area contributed by atoms with Crippen LogP contribution in [0.2, 0.25) is 0 Å². The highest BCUT2D eigenvalue weighted by Crippen LogP contribution is 2.58. The average Bonchev–Trinajstić information content (AvgIpc) is 1.53. The summed E-state index contributed by atoms with van der Waals surface area (Å²) < 4.78 is 0. The lowest BCUT2D eigenvalue weighted by Crippen LogP contribution is -2.76. The number of hydrogen-bond donors (Lipinski definition) is 0. The normalized spacial score (nSPS) is 13.6. The van der Waals surface area contributed by atoms with Crippen LogP contribution in [0.1, 0.15) is 180 Å². The maximum absolute atomic E-state index is 2.66. The number of para-hydroxylation sites is 2. The van der Waals surface area contributed by atoms with E-state index in [1.165, 1.54) is 127 Å². The van der Waals surface area contributed by atoms with Crippen molar-refractivity contribution in [2.75, 3.05) is 4.90 Å². The fourth-order valence-electron chi connectivity index (χ4n) is 15.1. The number of hydrogen-bond acceptors (Lipinski definition) is 1. The maximum atomic E-state index is 2.66. The molecule has 4 heteroatoms. The predicted octanol–water partition coefficient (Wildman–Crippen LogP) is 14.5. The zero-order valence-electron chi connectivity index (χ0n) is 52.0. The van der Waals surface area contributed by atoms with Crippen LogP contribution in [0.3, 0.4) is 0 Å². The summed E-state index contributed by atoms with van der Waals surface area (Å²) in [5.74, 6) is 2.16. The van der Waals surface area contributed by atoms with Crippen molar-refractivity contribution < 1.29 is 0 Å². The van der Waals surface area contributed by atoms with Crippen molar-refractivity contribution in [1.29, 1.82) is 0 Å². The van der Waals surface area contributed by atoms with E-state index in [0.29, 0.717) is 35.5 Å². The molecular formula is C80H83B2NSi. The quantitative estimate of drug-likeness (QED) is 0.0775. The van der Waals surface area contributed by atoms with Crippen LogP contribution < -0.4 is 53.2 Å². The molecule has 84 heavy (non-hydrogen) atoms. The topological polar surface area (TPSA) is 3.24 Å². The van der Waals surface area contributed by atoms with Crippen LogP contribution in [0.4, 0.5) is 17.1 Å². The largest absolute Gasteiger partial charge is 0.310 e. The predicted molar refractivity (Wildman–Crippen MR) is 370 cm³/mol. The minimum absolute atomic E-state index is 0.00516. The van der Waals surface area contributed by atoms with Crippen molar-refractivity contribution in [2.45, 2.75) is 131 Å². The molecule has 2 heterocycles. The molecule has 12 rings (SSSR count). The Labute approximate surface area is 506 Å². The third kappa shape index (κ3) is 9.58. The van der Waals surface area contributed by atoms with Gasteiger partial charge in [0.1, 0.15) is 8.80 Å². The molecule has 0 saturated carbocycles. The van der Waals surface area contributed by atoms with Gasteiger partial charge in [0, 0.05) is 5.69 Å². The van der Waals surface area contributed by atoms with E-state index in [2.05, 4.69) is 319 Å². The van der Waals surface area contributed by atoms with Gasteiger partial charge in [0.05, 0.1) is 16.8 Å². The zero-order chi connectivity index (χ0) is 58.7. The van der Waals surface area contributed by atoms with Gasteiger partial charge in [-0.25, -0.2) is 0 Å². The smallest absolute Gasteiger partial charge is 0.240 e. The van der Waals surface area contributed by atoms with Gasteiger partial charge in [0.15, 0.2) is 0 Å². The molecule has 0 spiro atoms. The molecule has 0 atom stereocenters. The Bertz CT molecular complexity index is 3890. The fraction of sp³-hybridized carbons (Fsp3) is 0.250. The number of anilines is 3. The number of rotatable bonds is 14. The Morgan fingerprint density at radius 2 is 0.702 bits per heavy atom. The Kier molecular flexibility index (Phi) is 15.6. The molecular weight excluding hydrogens is 1020 g/mol. The zero-order valence-corrected chi connectivity index (χ0v) is 53.2. The minimum Gasteiger partial charge on any atom is -0.310 e. The lowest BCUT2D eigenvalue weighted by molar-refractivity contribution is 0.729. The molecule has 0 bridgehead atoms. The van der Waals surface area contributed by atoms with Gasteiger partial charge in [-0.05, 0) is 133 Å². The molecule has 10 aromatic rings. The van der Waals surface area contributed by atoms with Crippen molar-refractivity contribution in [3.05, 3.63) is 286 Å². The highest BCUT2D eigenvalue weighted by atomic mass is 28.3. The second kappa shape index (κ2) is 23.1. The molecule has 2 aliphatic heterocycles. The molecule has 0 aromatic heterocycles. The van der Waals surface area contributed by atoms with Crippen molar-refractivity contribution in [3.8, 4) is 0 Å². The number of fused-ring (bicyclic) bond motifs is 4. The monoisotopic (exact) mass is 1110 g/mol. The van der Waals surface area contributed by atoms with Gasteiger partial charge >= 0.3 is 0 Å². The van der Waals surface area contributed by atoms with Crippen molar-refractivity contribution >= 4 is 87.6 Å². The minimum atomic E-state index is -2.09. The van der Waals surface area contributed by atoms with Crippen LogP contribution in [-0.4, -0.2) is 22.2 Å². The second-order valence-corrected chi connectivity index (χ2v) is 29.1. The molecule has 2 aliphatic rings. The Morgan fingerprint density at radius 3 is 1.14 bits per heavy atom. The van der Waals surface area contributed by atoms with Crippen molar-refractivity contribution in [1.82, 2.24) is 0 Å². The van der Waals surface area contributed by atoms with E-state index in [4.69, 9.17) is 0 Å². The molecule has 10 aromatic carbocycles. The van der Waals surface area contributed by atoms with E-state index < -0.39 is 14.2 Å². The third-order valence-electron chi connectivity index (χ3n) is 19.1. The summed E-state index contributed by atoms with van der Waals surface area (Å²) in [6, 6.07) is 88.0. The van der Waals surface area contributed by atoms with E-state index in [1.54, 1.807) is 0 Å². The number of nitrogens with zero attached hydrogens (tertiary/aromatic N) is 1. The molecule has 1 nitrogen and oxygen atoms in total. The molecule has 0 amide bonds. The summed E-state index contributed by atoms with van der Waals surface area (Å²) >= 11 is 0. The average molecular weight is 1110 g/mol. The SMILES string of the molecule is Cc1ccccc1C1(c2ccccc2[SiH](c2ccccc2)c2ccccc2)c2ccccc2N(c2ccc3c(c2)B(c2c(C(C)C)cc(C(C)C)cc2C(C)C)c2ccccc2B3c2c(C(C)C)cc(C(C)C)cc2C(C)C)c2ccccc21.